The Balaban J connectivity index is 1.65. The predicted molar refractivity (Wildman–Crippen MR) is 85.2 cm³/mol. The van der Waals surface area contributed by atoms with E-state index in [0.29, 0.717) is 23.2 Å². The predicted octanol–water partition coefficient (Wildman–Crippen LogP) is 4.02. The molecular weight excluding hydrogens is 266 g/mol. The molecule has 20 heavy (non-hydrogen) atoms. The minimum Gasteiger partial charge on any atom is -0.298 e. The molecule has 0 spiro atoms. The van der Waals surface area contributed by atoms with Gasteiger partial charge >= 0.3 is 0 Å². The summed E-state index contributed by atoms with van der Waals surface area (Å²) >= 11 is 1.85. The molecule has 104 valence electrons. The van der Waals surface area contributed by atoms with Crippen molar-refractivity contribution in [2.75, 3.05) is 5.75 Å². The minimum atomic E-state index is 0.332. The van der Waals surface area contributed by atoms with Gasteiger partial charge in [-0.3, -0.25) is 9.78 Å². The average molecular weight is 285 g/mol. The summed E-state index contributed by atoms with van der Waals surface area (Å²) in [5.74, 6) is 0.986. The third kappa shape index (κ3) is 3.21. The van der Waals surface area contributed by atoms with Crippen molar-refractivity contribution in [2.24, 2.45) is 0 Å². The van der Waals surface area contributed by atoms with Crippen LogP contribution in [0, 0.1) is 0 Å². The maximum Gasteiger partial charge on any atom is 0.147 e. The van der Waals surface area contributed by atoms with E-state index in [9.17, 15) is 4.79 Å². The first kappa shape index (κ1) is 13.6. The van der Waals surface area contributed by atoms with Gasteiger partial charge < -0.3 is 0 Å². The molecule has 0 radical (unpaired) electrons. The van der Waals surface area contributed by atoms with Crippen LogP contribution in [-0.4, -0.2) is 21.8 Å². The lowest BCUT2D eigenvalue weighted by molar-refractivity contribution is -0.115. The highest BCUT2D eigenvalue weighted by molar-refractivity contribution is 8.00. The van der Waals surface area contributed by atoms with Gasteiger partial charge in [-0.2, -0.15) is 11.8 Å². The van der Waals surface area contributed by atoms with Gasteiger partial charge in [-0.25, -0.2) is 0 Å². The van der Waals surface area contributed by atoms with Crippen molar-refractivity contribution in [1.82, 2.24) is 4.98 Å². The van der Waals surface area contributed by atoms with Gasteiger partial charge in [0.15, 0.2) is 0 Å². The number of hydrogen-bond acceptors (Lipinski definition) is 3. The Morgan fingerprint density at radius 3 is 2.85 bits per heavy atom. The fourth-order valence-electron chi connectivity index (χ4n) is 2.84. The number of para-hydroxylation sites is 1. The maximum absolute atomic E-state index is 12.2. The normalized spacial score (nSPS) is 15.8. The van der Waals surface area contributed by atoms with Crippen LogP contribution in [0.1, 0.15) is 31.2 Å². The second-order valence-electron chi connectivity index (χ2n) is 5.42. The SMILES string of the molecule is O=C(CSC1CCCC1)Cc1ccnc2ccccc12. The number of carbonyl (C=O) groups excluding carboxylic acids is 1. The van der Waals surface area contributed by atoms with E-state index in [2.05, 4.69) is 11.1 Å². The molecule has 1 aromatic carbocycles. The molecule has 2 aromatic rings. The van der Waals surface area contributed by atoms with Crippen LogP contribution in [-0.2, 0) is 11.2 Å². The van der Waals surface area contributed by atoms with Crippen LogP contribution in [0.3, 0.4) is 0 Å². The second-order valence-corrected chi connectivity index (χ2v) is 6.71. The fourth-order valence-corrected chi connectivity index (χ4v) is 4.03. The van der Waals surface area contributed by atoms with E-state index in [0.717, 1.165) is 16.5 Å². The van der Waals surface area contributed by atoms with E-state index in [4.69, 9.17) is 0 Å². The molecule has 0 N–H and O–H groups in total. The third-order valence-corrected chi connectivity index (χ3v) is 5.34. The standard InChI is InChI=1S/C17H19NOS/c19-14(12-20-15-5-1-2-6-15)11-13-9-10-18-17-8-4-3-7-16(13)17/h3-4,7-10,15H,1-2,5-6,11-12H2. The number of Topliss-reactive ketones (excluding diaryl/α,β-unsaturated/α-hetero) is 1. The highest BCUT2D eigenvalue weighted by Gasteiger charge is 2.17. The average Bonchev–Trinajstić information content (AvgIpc) is 2.99. The molecule has 1 saturated carbocycles. The van der Waals surface area contributed by atoms with Crippen LogP contribution >= 0.6 is 11.8 Å². The van der Waals surface area contributed by atoms with Gasteiger partial charge in [0.25, 0.3) is 0 Å². The van der Waals surface area contributed by atoms with Crippen LogP contribution in [0.15, 0.2) is 36.5 Å². The smallest absolute Gasteiger partial charge is 0.147 e. The lowest BCUT2D eigenvalue weighted by atomic mass is 10.0. The number of rotatable bonds is 5. The molecule has 3 heteroatoms. The highest BCUT2D eigenvalue weighted by Crippen LogP contribution is 2.29. The van der Waals surface area contributed by atoms with E-state index in [-0.39, 0.29) is 0 Å². The molecule has 3 rings (SSSR count). The summed E-state index contributed by atoms with van der Waals surface area (Å²) in [5.41, 5.74) is 2.08. The Labute approximate surface area is 124 Å². The van der Waals surface area contributed by atoms with Crippen LogP contribution in [0.25, 0.3) is 10.9 Å². The van der Waals surface area contributed by atoms with Gasteiger partial charge in [-0.1, -0.05) is 31.0 Å². The number of thioether (sulfide) groups is 1. The van der Waals surface area contributed by atoms with Crippen molar-refractivity contribution in [1.29, 1.82) is 0 Å². The number of aromatic nitrogens is 1. The van der Waals surface area contributed by atoms with Crippen LogP contribution < -0.4 is 0 Å². The largest absolute Gasteiger partial charge is 0.298 e. The summed E-state index contributed by atoms with van der Waals surface area (Å²) < 4.78 is 0. The lowest BCUT2D eigenvalue weighted by Gasteiger charge is -2.08. The molecule has 1 fully saturated rings. The summed E-state index contributed by atoms with van der Waals surface area (Å²) in [7, 11) is 0. The molecule has 0 saturated heterocycles. The topological polar surface area (TPSA) is 30.0 Å². The van der Waals surface area contributed by atoms with Crippen molar-refractivity contribution >= 4 is 28.4 Å². The zero-order valence-corrected chi connectivity index (χ0v) is 12.4. The summed E-state index contributed by atoms with van der Waals surface area (Å²) in [6.07, 6.45) is 7.58. The molecule has 1 heterocycles. The Morgan fingerprint density at radius 2 is 2.00 bits per heavy atom. The van der Waals surface area contributed by atoms with Gasteiger partial charge in [-0.15, -0.1) is 0 Å². The summed E-state index contributed by atoms with van der Waals surface area (Å²) in [4.78, 5) is 16.5. The van der Waals surface area contributed by atoms with Gasteiger partial charge in [0.1, 0.15) is 5.78 Å². The molecule has 0 atom stereocenters. The molecule has 1 aliphatic rings. The number of pyridine rings is 1. The summed E-state index contributed by atoms with van der Waals surface area (Å²) in [5, 5.41) is 1.82. The fraction of sp³-hybridized carbons (Fsp3) is 0.412. The minimum absolute atomic E-state index is 0.332. The second kappa shape index (κ2) is 6.40. The molecular formula is C17H19NOS. The highest BCUT2D eigenvalue weighted by atomic mass is 32.2. The zero-order chi connectivity index (χ0) is 13.8. The Hall–Kier alpha value is -1.35. The molecule has 2 nitrogen and oxygen atoms in total. The van der Waals surface area contributed by atoms with E-state index in [1.807, 2.05) is 36.0 Å². The molecule has 1 aliphatic carbocycles. The summed E-state index contributed by atoms with van der Waals surface area (Å²) in [6.45, 7) is 0. The first-order chi connectivity index (χ1) is 9.83. The van der Waals surface area contributed by atoms with Crippen molar-refractivity contribution < 1.29 is 4.79 Å². The van der Waals surface area contributed by atoms with Crippen molar-refractivity contribution in [2.45, 2.75) is 37.4 Å². The van der Waals surface area contributed by atoms with Crippen molar-refractivity contribution in [3.63, 3.8) is 0 Å². The number of nitrogens with zero attached hydrogens (tertiary/aromatic N) is 1. The molecule has 0 bridgehead atoms. The van der Waals surface area contributed by atoms with Crippen molar-refractivity contribution in [3.05, 3.63) is 42.1 Å². The Morgan fingerprint density at radius 1 is 1.20 bits per heavy atom. The number of hydrogen-bond donors (Lipinski definition) is 0. The van der Waals surface area contributed by atoms with E-state index >= 15 is 0 Å². The van der Waals surface area contributed by atoms with Gasteiger partial charge in [0.2, 0.25) is 0 Å². The zero-order valence-electron chi connectivity index (χ0n) is 11.5. The first-order valence-electron chi connectivity index (χ1n) is 7.29. The van der Waals surface area contributed by atoms with Gasteiger partial charge in [-0.05, 0) is 30.5 Å². The molecule has 0 aliphatic heterocycles. The number of ketones is 1. The monoisotopic (exact) mass is 285 g/mol. The lowest BCUT2D eigenvalue weighted by Crippen LogP contribution is -2.09. The number of carbonyl (C=O) groups is 1. The van der Waals surface area contributed by atoms with E-state index < -0.39 is 0 Å². The maximum atomic E-state index is 12.2. The molecule has 1 aromatic heterocycles. The van der Waals surface area contributed by atoms with Gasteiger partial charge in [0, 0.05) is 23.3 Å². The van der Waals surface area contributed by atoms with Gasteiger partial charge in [0.05, 0.1) is 11.3 Å². The number of benzene rings is 1. The third-order valence-electron chi connectivity index (χ3n) is 3.91. The van der Waals surface area contributed by atoms with E-state index in [1.54, 1.807) is 6.20 Å². The molecule has 0 amide bonds. The number of fused-ring (bicyclic) bond motifs is 1. The van der Waals surface area contributed by atoms with Crippen LogP contribution in [0.4, 0.5) is 0 Å². The summed E-state index contributed by atoms with van der Waals surface area (Å²) in [6, 6.07) is 10.0. The Kier molecular flexibility index (Phi) is 4.36. The van der Waals surface area contributed by atoms with Crippen LogP contribution in [0.2, 0.25) is 0 Å². The van der Waals surface area contributed by atoms with E-state index in [1.165, 1.54) is 25.7 Å². The first-order valence-corrected chi connectivity index (χ1v) is 8.34. The molecule has 0 unspecified atom stereocenters. The Bertz CT molecular complexity index is 599. The quantitative estimate of drug-likeness (QED) is 0.831. The van der Waals surface area contributed by atoms with Crippen LogP contribution in [0.5, 0.6) is 0 Å². The van der Waals surface area contributed by atoms with Crippen molar-refractivity contribution in [3.8, 4) is 0 Å².